The summed E-state index contributed by atoms with van der Waals surface area (Å²) < 4.78 is 8.13. The number of hydrogen-bond acceptors (Lipinski definition) is 5. The molecular weight excluding hydrogens is 346 g/mol. The molecule has 0 fully saturated rings. The zero-order valence-electron chi connectivity index (χ0n) is 15.9. The van der Waals surface area contributed by atoms with Crippen molar-refractivity contribution in [3.8, 4) is 5.75 Å². The Bertz CT molecular complexity index is 1020. The van der Waals surface area contributed by atoms with Gasteiger partial charge in [0.1, 0.15) is 24.0 Å². The molecule has 0 aliphatic carbocycles. The highest BCUT2D eigenvalue weighted by atomic mass is 16.5. The number of likely N-dealkylation sites (N-methyl/N-ethyl adjacent to an activating group) is 1. The number of rotatable bonds is 6. The maximum absolute atomic E-state index is 12.9. The molecule has 0 bridgehead atoms. The highest BCUT2D eigenvalue weighted by molar-refractivity contribution is 5.77. The maximum Gasteiger partial charge on any atom is 0.264 e. The fourth-order valence-corrected chi connectivity index (χ4v) is 3.16. The summed E-state index contributed by atoms with van der Waals surface area (Å²) in [5.74, 6) is 0.588. The summed E-state index contributed by atoms with van der Waals surface area (Å²) in [6, 6.07) is 7.48. The largest absolute Gasteiger partial charge is 0.497 e. The lowest BCUT2D eigenvalue weighted by molar-refractivity contribution is -0.133. The highest BCUT2D eigenvalue weighted by Gasteiger charge is 2.21. The number of benzene rings is 1. The molecule has 1 atom stereocenters. The molecule has 0 N–H and O–H groups in total. The van der Waals surface area contributed by atoms with E-state index in [1.165, 1.54) is 21.8 Å². The van der Waals surface area contributed by atoms with Gasteiger partial charge < -0.3 is 9.64 Å². The van der Waals surface area contributed by atoms with Crippen LogP contribution in [0.1, 0.15) is 25.5 Å². The second-order valence-electron chi connectivity index (χ2n) is 6.32. The smallest absolute Gasteiger partial charge is 0.264 e. The van der Waals surface area contributed by atoms with Crippen molar-refractivity contribution in [2.24, 2.45) is 7.05 Å². The Balaban J connectivity index is 1.85. The van der Waals surface area contributed by atoms with Gasteiger partial charge in [0.2, 0.25) is 5.91 Å². The number of fused-ring (bicyclic) bond motifs is 1. The van der Waals surface area contributed by atoms with E-state index in [1.54, 1.807) is 19.1 Å². The fraction of sp³-hybridized carbons (Fsp3) is 0.368. The number of hydrogen-bond donors (Lipinski definition) is 0. The molecule has 1 unspecified atom stereocenters. The van der Waals surface area contributed by atoms with Gasteiger partial charge in [-0.1, -0.05) is 12.1 Å². The molecule has 0 spiro atoms. The van der Waals surface area contributed by atoms with E-state index in [0.29, 0.717) is 17.6 Å². The average molecular weight is 369 g/mol. The lowest BCUT2D eigenvalue weighted by atomic mass is 10.1. The van der Waals surface area contributed by atoms with Gasteiger partial charge in [-0.2, -0.15) is 5.10 Å². The van der Waals surface area contributed by atoms with E-state index in [-0.39, 0.29) is 24.1 Å². The molecule has 1 amide bonds. The van der Waals surface area contributed by atoms with E-state index in [2.05, 4.69) is 10.1 Å². The lowest BCUT2D eigenvalue weighted by Gasteiger charge is -2.29. The predicted octanol–water partition coefficient (Wildman–Crippen LogP) is 1.75. The van der Waals surface area contributed by atoms with E-state index < -0.39 is 0 Å². The molecule has 0 radical (unpaired) electrons. The molecule has 8 nitrogen and oxygen atoms in total. The molecule has 8 heteroatoms. The van der Waals surface area contributed by atoms with E-state index in [0.717, 1.165) is 11.3 Å². The molecule has 0 aliphatic heterocycles. The van der Waals surface area contributed by atoms with Crippen LogP contribution in [0.4, 0.5) is 0 Å². The summed E-state index contributed by atoms with van der Waals surface area (Å²) in [7, 11) is 3.33. The Morgan fingerprint density at radius 2 is 2.15 bits per heavy atom. The van der Waals surface area contributed by atoms with E-state index in [1.807, 2.05) is 38.1 Å². The third-order valence-corrected chi connectivity index (χ3v) is 4.73. The molecule has 0 aliphatic rings. The lowest BCUT2D eigenvalue weighted by Crippen LogP contribution is -2.38. The minimum atomic E-state index is -0.272. The number of nitrogens with zero attached hydrogens (tertiary/aromatic N) is 5. The van der Waals surface area contributed by atoms with E-state index in [9.17, 15) is 9.59 Å². The van der Waals surface area contributed by atoms with Crippen LogP contribution in [-0.2, 0) is 18.4 Å². The van der Waals surface area contributed by atoms with Crippen molar-refractivity contribution in [3.63, 3.8) is 0 Å². The predicted molar refractivity (Wildman–Crippen MR) is 102 cm³/mol. The normalized spacial score (nSPS) is 12.1. The summed E-state index contributed by atoms with van der Waals surface area (Å²) in [4.78, 5) is 31.5. The Hall–Kier alpha value is -3.16. The molecule has 142 valence electrons. The van der Waals surface area contributed by atoms with Crippen molar-refractivity contribution in [3.05, 3.63) is 52.7 Å². The molecule has 2 aromatic heterocycles. The minimum Gasteiger partial charge on any atom is -0.497 e. The molecule has 27 heavy (non-hydrogen) atoms. The number of ether oxygens (including phenoxy) is 1. The van der Waals surface area contributed by atoms with Gasteiger partial charge in [0.25, 0.3) is 5.56 Å². The van der Waals surface area contributed by atoms with E-state index in [4.69, 9.17) is 4.74 Å². The summed E-state index contributed by atoms with van der Waals surface area (Å²) in [6.45, 7) is 4.33. The van der Waals surface area contributed by atoms with Crippen LogP contribution in [0.25, 0.3) is 11.0 Å². The molecule has 1 aromatic carbocycles. The first kappa shape index (κ1) is 18.6. The summed E-state index contributed by atoms with van der Waals surface area (Å²) >= 11 is 0. The number of methoxy groups -OCH3 is 1. The number of carbonyl (C=O) groups excluding carboxylic acids is 1. The topological polar surface area (TPSA) is 82.3 Å². The zero-order chi connectivity index (χ0) is 19.6. The third kappa shape index (κ3) is 3.55. The summed E-state index contributed by atoms with van der Waals surface area (Å²) in [5.41, 5.74) is 1.20. The van der Waals surface area contributed by atoms with Crippen molar-refractivity contribution >= 4 is 16.9 Å². The summed E-state index contributed by atoms with van der Waals surface area (Å²) in [5, 5.41) is 4.45. The van der Waals surface area contributed by atoms with Crippen LogP contribution >= 0.6 is 0 Å². The molecule has 0 saturated carbocycles. The molecule has 3 rings (SSSR count). The van der Waals surface area contributed by atoms with Gasteiger partial charge in [0, 0.05) is 13.6 Å². The van der Waals surface area contributed by atoms with Crippen LogP contribution in [0.2, 0.25) is 0 Å². The van der Waals surface area contributed by atoms with E-state index >= 15 is 0 Å². The average Bonchev–Trinajstić information content (AvgIpc) is 3.06. The maximum atomic E-state index is 12.9. The first-order valence-corrected chi connectivity index (χ1v) is 8.76. The third-order valence-electron chi connectivity index (χ3n) is 4.73. The highest BCUT2D eigenvalue weighted by Crippen LogP contribution is 2.24. The monoisotopic (exact) mass is 369 g/mol. The Labute approximate surface area is 157 Å². The van der Waals surface area contributed by atoms with Crippen molar-refractivity contribution in [2.75, 3.05) is 13.7 Å². The van der Waals surface area contributed by atoms with Crippen LogP contribution in [0, 0.1) is 0 Å². The fourth-order valence-electron chi connectivity index (χ4n) is 3.16. The van der Waals surface area contributed by atoms with Crippen molar-refractivity contribution in [2.45, 2.75) is 26.4 Å². The second kappa shape index (κ2) is 7.61. The number of carbonyl (C=O) groups is 1. The minimum absolute atomic E-state index is 0.0706. The van der Waals surface area contributed by atoms with Gasteiger partial charge in [0.05, 0.1) is 19.3 Å². The van der Waals surface area contributed by atoms with Crippen LogP contribution in [0.5, 0.6) is 5.75 Å². The van der Waals surface area contributed by atoms with Crippen LogP contribution in [0.15, 0.2) is 41.6 Å². The number of aromatic nitrogens is 4. The Kier molecular flexibility index (Phi) is 5.25. The molecule has 2 heterocycles. The molecular formula is C19H23N5O3. The standard InChI is InChI=1S/C19H23N5O3/c1-5-24(13(2)14-7-6-8-15(9-14)27-4)17(25)11-23-12-20-18-16(19(23)26)10-21-22(18)3/h6-10,12-13H,5,11H2,1-4H3. The van der Waals surface area contributed by atoms with Crippen LogP contribution in [-0.4, -0.2) is 43.8 Å². The second-order valence-corrected chi connectivity index (χ2v) is 6.32. The molecule has 0 saturated heterocycles. The Morgan fingerprint density at radius 3 is 2.85 bits per heavy atom. The van der Waals surface area contributed by atoms with Crippen LogP contribution < -0.4 is 10.3 Å². The van der Waals surface area contributed by atoms with Crippen molar-refractivity contribution < 1.29 is 9.53 Å². The molecule has 3 aromatic rings. The first-order valence-electron chi connectivity index (χ1n) is 8.76. The SMILES string of the molecule is CCN(C(=O)Cn1cnc2c(cnn2C)c1=O)C(C)c1cccc(OC)c1. The van der Waals surface area contributed by atoms with Gasteiger partial charge in [-0.3, -0.25) is 18.8 Å². The van der Waals surface area contributed by atoms with Gasteiger partial charge in [-0.05, 0) is 31.5 Å². The number of amides is 1. The Morgan fingerprint density at radius 1 is 1.37 bits per heavy atom. The van der Waals surface area contributed by atoms with Gasteiger partial charge >= 0.3 is 0 Å². The van der Waals surface area contributed by atoms with Crippen molar-refractivity contribution in [1.29, 1.82) is 0 Å². The van der Waals surface area contributed by atoms with Gasteiger partial charge in [-0.15, -0.1) is 0 Å². The summed E-state index contributed by atoms with van der Waals surface area (Å²) in [6.07, 6.45) is 2.87. The van der Waals surface area contributed by atoms with Crippen LogP contribution in [0.3, 0.4) is 0 Å². The van der Waals surface area contributed by atoms with Crippen molar-refractivity contribution in [1.82, 2.24) is 24.2 Å². The quantitative estimate of drug-likeness (QED) is 0.661. The number of aryl methyl sites for hydroxylation is 1. The zero-order valence-corrected chi connectivity index (χ0v) is 15.9. The first-order chi connectivity index (χ1) is 13.0. The van der Waals surface area contributed by atoms with Gasteiger partial charge in [0.15, 0.2) is 5.65 Å². The van der Waals surface area contributed by atoms with Gasteiger partial charge in [-0.25, -0.2) is 4.98 Å².